The standard InChI is InChI=1S/C43H35NO8/c1-2-52-34-18-10-17-30(39(34)47)37-28-19-20-29-36(41(49)44(40(29)48)27-16-9-13-25(21-27)42(50)51)32(28)22-33-38(46)31(24-11-5-3-6-12-24)23-35(45)43(33,37)26-14-7-4-8-15-26/h3-19,21,23,29,32-33,36-37,47H,2,20,22H2,1H3,(H,50,51). The Balaban J connectivity index is 1.36. The number of nitrogens with zero attached hydrogens (tertiary/aromatic N) is 1. The van der Waals surface area contributed by atoms with Crippen molar-refractivity contribution in [3.63, 3.8) is 0 Å². The van der Waals surface area contributed by atoms with E-state index >= 15 is 9.59 Å². The zero-order valence-electron chi connectivity index (χ0n) is 28.3. The Kier molecular flexibility index (Phi) is 8.01. The van der Waals surface area contributed by atoms with E-state index in [4.69, 9.17) is 4.74 Å². The van der Waals surface area contributed by atoms with Gasteiger partial charge in [0.05, 0.1) is 35.1 Å². The summed E-state index contributed by atoms with van der Waals surface area (Å²) in [7, 11) is 0. The van der Waals surface area contributed by atoms with E-state index in [1.54, 1.807) is 49.4 Å². The number of carbonyl (C=O) groups excluding carboxylic acids is 4. The van der Waals surface area contributed by atoms with Gasteiger partial charge in [0, 0.05) is 23.0 Å². The summed E-state index contributed by atoms with van der Waals surface area (Å²) in [5.41, 5.74) is 1.16. The predicted molar refractivity (Wildman–Crippen MR) is 192 cm³/mol. The number of aromatic hydroxyl groups is 1. The van der Waals surface area contributed by atoms with Gasteiger partial charge in [-0.2, -0.15) is 0 Å². The van der Waals surface area contributed by atoms with E-state index in [1.807, 2.05) is 42.5 Å². The van der Waals surface area contributed by atoms with Crippen molar-refractivity contribution in [2.24, 2.45) is 23.7 Å². The van der Waals surface area contributed by atoms with Crippen molar-refractivity contribution in [2.75, 3.05) is 11.5 Å². The lowest BCUT2D eigenvalue weighted by molar-refractivity contribution is -0.135. The second kappa shape index (κ2) is 12.6. The van der Waals surface area contributed by atoms with Crippen LogP contribution in [0.4, 0.5) is 5.69 Å². The van der Waals surface area contributed by atoms with Crippen LogP contribution < -0.4 is 9.64 Å². The Labute approximate surface area is 299 Å². The van der Waals surface area contributed by atoms with Crippen molar-refractivity contribution in [3.8, 4) is 11.5 Å². The summed E-state index contributed by atoms with van der Waals surface area (Å²) in [6, 6.07) is 29.0. The van der Waals surface area contributed by atoms with E-state index in [1.165, 1.54) is 30.3 Å². The fraction of sp³-hybridized carbons (Fsp3) is 0.233. The first-order valence-electron chi connectivity index (χ1n) is 17.5. The molecule has 0 aromatic heterocycles. The predicted octanol–water partition coefficient (Wildman–Crippen LogP) is 6.52. The molecular formula is C43H35NO8. The van der Waals surface area contributed by atoms with Crippen molar-refractivity contribution in [3.05, 3.63) is 143 Å². The van der Waals surface area contributed by atoms with Gasteiger partial charge >= 0.3 is 5.97 Å². The smallest absolute Gasteiger partial charge is 0.335 e. The lowest BCUT2D eigenvalue weighted by Gasteiger charge is -2.55. The van der Waals surface area contributed by atoms with Gasteiger partial charge in [0.2, 0.25) is 11.8 Å². The monoisotopic (exact) mass is 693 g/mol. The van der Waals surface area contributed by atoms with Gasteiger partial charge in [-0.3, -0.25) is 24.1 Å². The largest absolute Gasteiger partial charge is 0.504 e. The van der Waals surface area contributed by atoms with E-state index in [-0.39, 0.29) is 59.3 Å². The lowest BCUT2D eigenvalue weighted by atomic mass is 9.44. The van der Waals surface area contributed by atoms with Crippen LogP contribution in [0.3, 0.4) is 0 Å². The number of carboxylic acid groups (broad SMARTS) is 1. The molecule has 1 saturated heterocycles. The number of Topliss-reactive ketones (excluding diaryl/α,β-unsaturated/α-hetero) is 1. The zero-order valence-corrected chi connectivity index (χ0v) is 28.3. The average Bonchev–Trinajstić information content (AvgIpc) is 3.42. The highest BCUT2D eigenvalue weighted by atomic mass is 16.5. The number of amides is 2. The van der Waals surface area contributed by atoms with Gasteiger partial charge in [0.25, 0.3) is 0 Å². The molecule has 0 radical (unpaired) electrons. The first-order chi connectivity index (χ1) is 25.2. The van der Waals surface area contributed by atoms with E-state index in [0.29, 0.717) is 22.3 Å². The number of ether oxygens (including phenoxy) is 1. The summed E-state index contributed by atoms with van der Waals surface area (Å²) in [5.74, 6) is -6.79. The maximum absolute atomic E-state index is 15.2. The third-order valence-corrected chi connectivity index (χ3v) is 11.4. The minimum Gasteiger partial charge on any atom is -0.504 e. The van der Waals surface area contributed by atoms with Gasteiger partial charge < -0.3 is 14.9 Å². The molecule has 4 aromatic carbocycles. The normalized spacial score (nSPS) is 26.6. The third kappa shape index (κ3) is 4.79. The first kappa shape index (κ1) is 33.1. The van der Waals surface area contributed by atoms with Gasteiger partial charge in [0.15, 0.2) is 23.1 Å². The molecule has 3 aliphatic carbocycles. The average molecular weight is 694 g/mol. The number of benzene rings is 4. The number of carboxylic acids is 1. The van der Waals surface area contributed by atoms with Crippen LogP contribution in [0.25, 0.3) is 5.57 Å². The number of phenols is 1. The number of phenolic OH excluding ortho intramolecular Hbond substituents is 1. The molecule has 2 amide bonds. The highest BCUT2D eigenvalue weighted by Gasteiger charge is 2.66. The molecule has 4 aromatic rings. The van der Waals surface area contributed by atoms with E-state index in [9.17, 15) is 24.6 Å². The summed E-state index contributed by atoms with van der Waals surface area (Å²) in [6.45, 7) is 2.08. The van der Waals surface area contributed by atoms with E-state index in [2.05, 4.69) is 0 Å². The number of carbonyl (C=O) groups is 5. The van der Waals surface area contributed by atoms with Crippen molar-refractivity contribution in [2.45, 2.75) is 31.1 Å². The molecule has 9 heteroatoms. The van der Waals surface area contributed by atoms with Crippen LogP contribution in [0.5, 0.6) is 11.5 Å². The van der Waals surface area contributed by atoms with Gasteiger partial charge in [-0.25, -0.2) is 4.79 Å². The molecule has 8 rings (SSSR count). The maximum Gasteiger partial charge on any atom is 0.335 e. The van der Waals surface area contributed by atoms with Crippen LogP contribution in [-0.4, -0.2) is 46.2 Å². The van der Waals surface area contributed by atoms with Crippen molar-refractivity contribution in [1.29, 1.82) is 0 Å². The molecule has 0 bridgehead atoms. The summed E-state index contributed by atoms with van der Waals surface area (Å²) >= 11 is 0. The number of imide groups is 1. The molecule has 52 heavy (non-hydrogen) atoms. The molecule has 9 nitrogen and oxygen atoms in total. The van der Waals surface area contributed by atoms with Gasteiger partial charge in [-0.15, -0.1) is 0 Å². The topological polar surface area (TPSA) is 138 Å². The van der Waals surface area contributed by atoms with Crippen molar-refractivity contribution < 1.29 is 38.9 Å². The number of aromatic carboxylic acids is 1. The Morgan fingerprint density at radius 2 is 1.58 bits per heavy atom. The Morgan fingerprint density at radius 3 is 2.29 bits per heavy atom. The van der Waals surface area contributed by atoms with Gasteiger partial charge in [-0.1, -0.05) is 90.5 Å². The number of para-hydroxylation sites is 1. The highest BCUT2D eigenvalue weighted by Crippen LogP contribution is 2.65. The number of anilines is 1. The Morgan fingerprint density at radius 1 is 0.865 bits per heavy atom. The van der Waals surface area contributed by atoms with Crippen LogP contribution in [0, 0.1) is 23.7 Å². The van der Waals surface area contributed by atoms with Gasteiger partial charge in [-0.05, 0) is 67.2 Å². The number of rotatable bonds is 7. The fourth-order valence-electron chi connectivity index (χ4n) is 9.30. The Bertz CT molecular complexity index is 2220. The van der Waals surface area contributed by atoms with Crippen LogP contribution in [0.15, 0.2) is 121 Å². The number of allylic oxidation sites excluding steroid dienone is 4. The molecule has 2 fully saturated rings. The first-order valence-corrected chi connectivity index (χ1v) is 17.5. The van der Waals surface area contributed by atoms with Crippen LogP contribution in [-0.2, 0) is 24.6 Å². The number of fused-ring (bicyclic) bond motifs is 4. The Hall–Kier alpha value is -6.09. The second-order valence-corrected chi connectivity index (χ2v) is 13.8. The fourth-order valence-corrected chi connectivity index (χ4v) is 9.30. The second-order valence-electron chi connectivity index (χ2n) is 13.8. The van der Waals surface area contributed by atoms with Crippen LogP contribution >= 0.6 is 0 Å². The molecule has 2 N–H and O–H groups in total. The lowest BCUT2D eigenvalue weighted by Crippen LogP contribution is -2.58. The minimum atomic E-state index is -1.50. The molecular weight excluding hydrogens is 658 g/mol. The SMILES string of the molecule is CCOc1cccc(C2C3=CCC4C(=O)N(c5cccc(C(=O)O)c5)C(=O)C4C3CC3C(=O)C(c4ccccc4)=CC(=O)C32c2ccccc2)c1O. The van der Waals surface area contributed by atoms with Crippen molar-refractivity contribution in [1.82, 2.24) is 0 Å². The molecule has 260 valence electrons. The third-order valence-electron chi connectivity index (χ3n) is 11.4. The molecule has 1 aliphatic heterocycles. The summed E-state index contributed by atoms with van der Waals surface area (Å²) in [5, 5.41) is 21.5. The summed E-state index contributed by atoms with van der Waals surface area (Å²) in [6.07, 6.45) is 3.63. The summed E-state index contributed by atoms with van der Waals surface area (Å²) in [4.78, 5) is 71.8. The quantitative estimate of drug-likeness (QED) is 0.165. The van der Waals surface area contributed by atoms with E-state index < -0.39 is 52.8 Å². The molecule has 0 spiro atoms. The van der Waals surface area contributed by atoms with Gasteiger partial charge in [0.1, 0.15) is 0 Å². The number of hydrogen-bond acceptors (Lipinski definition) is 7. The highest BCUT2D eigenvalue weighted by molar-refractivity contribution is 6.32. The maximum atomic E-state index is 15.2. The van der Waals surface area contributed by atoms with Crippen LogP contribution in [0.2, 0.25) is 0 Å². The molecule has 1 heterocycles. The molecule has 4 aliphatic rings. The molecule has 6 unspecified atom stereocenters. The van der Waals surface area contributed by atoms with E-state index in [0.717, 1.165) is 4.90 Å². The molecule has 6 atom stereocenters. The van der Waals surface area contributed by atoms with Crippen LogP contribution in [0.1, 0.15) is 52.7 Å². The number of hydrogen-bond donors (Lipinski definition) is 2. The molecule has 1 saturated carbocycles. The van der Waals surface area contributed by atoms with Crippen molar-refractivity contribution >= 4 is 40.6 Å². The number of ketones is 2. The minimum absolute atomic E-state index is 0.0617. The zero-order chi connectivity index (χ0) is 36.3. The summed E-state index contributed by atoms with van der Waals surface area (Å²) < 4.78 is 5.81.